The molecule has 0 radical (unpaired) electrons. The number of nitrogens with two attached hydrogens (primary N) is 1. The lowest BCUT2D eigenvalue weighted by atomic mass is 9.79. The Morgan fingerprint density at radius 2 is 2.07 bits per heavy atom. The normalized spacial score (nSPS) is 20.6. The summed E-state index contributed by atoms with van der Waals surface area (Å²) < 4.78 is 0. The number of hydrogen-bond donors (Lipinski definition) is 1. The maximum Gasteiger partial charge on any atom is 0.0300 e. The van der Waals surface area contributed by atoms with Crippen molar-refractivity contribution in [2.24, 2.45) is 5.73 Å². The van der Waals surface area contributed by atoms with Crippen LogP contribution in [0, 0.1) is 0 Å². The minimum absolute atomic E-state index is 0.0429. The Bertz CT molecular complexity index is 276. The molecule has 76 valence electrons. The van der Waals surface area contributed by atoms with Crippen LogP contribution < -0.4 is 5.73 Å². The molecule has 0 aliphatic heterocycles. The summed E-state index contributed by atoms with van der Waals surface area (Å²) in [6, 6.07) is 4.11. The van der Waals surface area contributed by atoms with Gasteiger partial charge in [-0.15, -0.1) is 0 Å². The lowest BCUT2D eigenvalue weighted by Gasteiger charge is -2.33. The van der Waals surface area contributed by atoms with Gasteiger partial charge in [-0.1, -0.05) is 25.3 Å². The quantitative estimate of drug-likeness (QED) is 0.777. The number of hydrogen-bond acceptors (Lipinski definition) is 2. The second-order valence-electron chi connectivity index (χ2n) is 4.46. The van der Waals surface area contributed by atoms with Gasteiger partial charge >= 0.3 is 0 Å². The third-order valence-electron chi connectivity index (χ3n) is 3.13. The van der Waals surface area contributed by atoms with Gasteiger partial charge in [0.25, 0.3) is 0 Å². The molecular weight excluding hydrogens is 172 g/mol. The Balaban J connectivity index is 2.02. The third-order valence-corrected chi connectivity index (χ3v) is 3.13. The first-order valence-electron chi connectivity index (χ1n) is 5.46. The minimum atomic E-state index is 0.0429. The predicted molar refractivity (Wildman–Crippen MR) is 57.9 cm³/mol. The van der Waals surface area contributed by atoms with Crippen LogP contribution >= 0.6 is 0 Å². The first-order valence-corrected chi connectivity index (χ1v) is 5.46. The van der Waals surface area contributed by atoms with E-state index in [0.717, 1.165) is 6.42 Å². The molecule has 1 aromatic heterocycles. The monoisotopic (exact) mass is 190 g/mol. The van der Waals surface area contributed by atoms with E-state index in [1.54, 1.807) is 0 Å². The summed E-state index contributed by atoms with van der Waals surface area (Å²) in [6.45, 7) is 0. The zero-order valence-electron chi connectivity index (χ0n) is 8.58. The molecule has 0 spiro atoms. The van der Waals surface area contributed by atoms with Crippen molar-refractivity contribution in [2.75, 3.05) is 0 Å². The van der Waals surface area contributed by atoms with E-state index < -0.39 is 0 Å². The molecule has 1 saturated carbocycles. The minimum Gasteiger partial charge on any atom is -0.325 e. The van der Waals surface area contributed by atoms with Crippen LogP contribution in [-0.4, -0.2) is 10.5 Å². The van der Waals surface area contributed by atoms with Crippen LogP contribution in [0.4, 0.5) is 0 Å². The lowest BCUT2D eigenvalue weighted by Crippen LogP contribution is -2.43. The van der Waals surface area contributed by atoms with Gasteiger partial charge in [0.2, 0.25) is 0 Å². The van der Waals surface area contributed by atoms with E-state index in [1.807, 2.05) is 18.5 Å². The van der Waals surface area contributed by atoms with Crippen molar-refractivity contribution in [2.45, 2.75) is 44.1 Å². The fourth-order valence-electron chi connectivity index (χ4n) is 2.34. The number of nitrogens with zero attached hydrogens (tertiary/aromatic N) is 1. The van der Waals surface area contributed by atoms with E-state index in [2.05, 4.69) is 11.1 Å². The van der Waals surface area contributed by atoms with E-state index >= 15 is 0 Å². The standard InChI is InChI=1S/C12H18N2/c13-12(6-2-1-3-7-12)9-11-5-4-8-14-10-11/h4-5,8,10H,1-3,6-7,9,13H2. The summed E-state index contributed by atoms with van der Waals surface area (Å²) in [4.78, 5) is 4.13. The molecule has 0 amide bonds. The van der Waals surface area contributed by atoms with Crippen molar-refractivity contribution < 1.29 is 0 Å². The highest BCUT2D eigenvalue weighted by molar-refractivity contribution is 5.13. The van der Waals surface area contributed by atoms with E-state index in [9.17, 15) is 0 Å². The highest BCUT2D eigenvalue weighted by atomic mass is 14.7. The topological polar surface area (TPSA) is 38.9 Å². The molecule has 2 N–H and O–H groups in total. The SMILES string of the molecule is NC1(Cc2cccnc2)CCCCC1. The number of aromatic nitrogens is 1. The molecule has 14 heavy (non-hydrogen) atoms. The summed E-state index contributed by atoms with van der Waals surface area (Å²) in [5.41, 5.74) is 7.68. The maximum absolute atomic E-state index is 6.36. The second kappa shape index (κ2) is 4.09. The molecule has 1 aromatic rings. The van der Waals surface area contributed by atoms with Gasteiger partial charge in [-0.05, 0) is 30.9 Å². The van der Waals surface area contributed by atoms with Gasteiger partial charge in [0.05, 0.1) is 0 Å². The van der Waals surface area contributed by atoms with Crippen molar-refractivity contribution in [3.05, 3.63) is 30.1 Å². The first-order chi connectivity index (χ1) is 6.79. The van der Waals surface area contributed by atoms with Gasteiger partial charge in [-0.3, -0.25) is 4.98 Å². The van der Waals surface area contributed by atoms with E-state index in [4.69, 9.17) is 5.73 Å². The van der Waals surface area contributed by atoms with Gasteiger partial charge in [0.1, 0.15) is 0 Å². The molecule has 1 fully saturated rings. The lowest BCUT2D eigenvalue weighted by molar-refractivity contribution is 0.294. The molecule has 0 atom stereocenters. The Morgan fingerprint density at radius 3 is 2.71 bits per heavy atom. The van der Waals surface area contributed by atoms with Crippen LogP contribution in [0.25, 0.3) is 0 Å². The van der Waals surface area contributed by atoms with Gasteiger partial charge in [0, 0.05) is 17.9 Å². The van der Waals surface area contributed by atoms with Crippen molar-refractivity contribution in [3.8, 4) is 0 Å². The molecule has 2 nitrogen and oxygen atoms in total. The molecule has 0 unspecified atom stereocenters. The predicted octanol–water partition coefficient (Wildman–Crippen LogP) is 2.29. The Kier molecular flexibility index (Phi) is 2.82. The highest BCUT2D eigenvalue weighted by Gasteiger charge is 2.27. The zero-order chi connectivity index (χ0) is 9.86. The first kappa shape index (κ1) is 9.66. The third kappa shape index (κ3) is 2.32. The van der Waals surface area contributed by atoms with Gasteiger partial charge < -0.3 is 5.73 Å². The molecule has 1 heterocycles. The average Bonchev–Trinajstić information content (AvgIpc) is 2.19. The van der Waals surface area contributed by atoms with Crippen molar-refractivity contribution in [1.82, 2.24) is 4.98 Å². The van der Waals surface area contributed by atoms with Crippen molar-refractivity contribution >= 4 is 0 Å². The van der Waals surface area contributed by atoms with Crippen LogP contribution in [0.1, 0.15) is 37.7 Å². The smallest absolute Gasteiger partial charge is 0.0300 e. The molecular formula is C12H18N2. The van der Waals surface area contributed by atoms with Crippen molar-refractivity contribution in [3.63, 3.8) is 0 Å². The largest absolute Gasteiger partial charge is 0.325 e. The van der Waals surface area contributed by atoms with Crippen LogP contribution in [0.15, 0.2) is 24.5 Å². The van der Waals surface area contributed by atoms with E-state index in [-0.39, 0.29) is 5.54 Å². The molecule has 0 bridgehead atoms. The second-order valence-corrected chi connectivity index (χ2v) is 4.46. The molecule has 2 rings (SSSR count). The van der Waals surface area contributed by atoms with E-state index in [0.29, 0.717) is 0 Å². The fourth-order valence-corrected chi connectivity index (χ4v) is 2.34. The van der Waals surface area contributed by atoms with E-state index in [1.165, 1.54) is 37.7 Å². The molecule has 0 saturated heterocycles. The zero-order valence-corrected chi connectivity index (χ0v) is 8.58. The molecule has 1 aliphatic rings. The average molecular weight is 190 g/mol. The highest BCUT2D eigenvalue weighted by Crippen LogP contribution is 2.28. The maximum atomic E-state index is 6.36. The van der Waals surface area contributed by atoms with Gasteiger partial charge in [-0.2, -0.15) is 0 Å². The number of pyridine rings is 1. The van der Waals surface area contributed by atoms with Gasteiger partial charge in [0.15, 0.2) is 0 Å². The molecule has 1 aliphatic carbocycles. The summed E-state index contributed by atoms with van der Waals surface area (Å²) in [5.74, 6) is 0. The summed E-state index contributed by atoms with van der Waals surface area (Å²) in [6.07, 6.45) is 11.0. The van der Waals surface area contributed by atoms with Gasteiger partial charge in [-0.25, -0.2) is 0 Å². The summed E-state index contributed by atoms with van der Waals surface area (Å²) in [7, 11) is 0. The Labute approximate surface area is 85.5 Å². The Hall–Kier alpha value is -0.890. The van der Waals surface area contributed by atoms with Crippen molar-refractivity contribution in [1.29, 1.82) is 0 Å². The van der Waals surface area contributed by atoms with Crippen LogP contribution in [-0.2, 0) is 6.42 Å². The summed E-state index contributed by atoms with van der Waals surface area (Å²) in [5, 5.41) is 0. The Morgan fingerprint density at radius 1 is 1.29 bits per heavy atom. The number of rotatable bonds is 2. The van der Waals surface area contributed by atoms with Crippen LogP contribution in [0.5, 0.6) is 0 Å². The molecule has 2 heteroatoms. The van der Waals surface area contributed by atoms with Crippen LogP contribution in [0.2, 0.25) is 0 Å². The van der Waals surface area contributed by atoms with Crippen LogP contribution in [0.3, 0.4) is 0 Å². The summed E-state index contributed by atoms with van der Waals surface area (Å²) >= 11 is 0. The molecule has 0 aromatic carbocycles. The fraction of sp³-hybridized carbons (Fsp3) is 0.583.